The van der Waals surface area contributed by atoms with Crippen molar-refractivity contribution in [3.05, 3.63) is 16.1 Å². The number of thiazole rings is 1. The maximum Gasteiger partial charge on any atom is 0.407 e. The summed E-state index contributed by atoms with van der Waals surface area (Å²) in [5.41, 5.74) is 0.0747. The molecule has 6 nitrogen and oxygen atoms in total. The standard InChI is InChI=1S/C10H12N2O4S/c13-9(14)7-5-17-8(11-7)6-1-3-12(4-2-6)10(15)16/h5-6H,1-4H2,(H,13,14)(H,15,16). The van der Waals surface area contributed by atoms with E-state index in [9.17, 15) is 9.59 Å². The minimum atomic E-state index is -1.02. The number of rotatable bonds is 2. The number of hydrogen-bond acceptors (Lipinski definition) is 4. The van der Waals surface area contributed by atoms with E-state index in [-0.39, 0.29) is 11.6 Å². The van der Waals surface area contributed by atoms with Gasteiger partial charge in [0.2, 0.25) is 0 Å². The Hall–Kier alpha value is -1.63. The number of hydrogen-bond donors (Lipinski definition) is 2. The molecule has 0 saturated carbocycles. The van der Waals surface area contributed by atoms with Crippen LogP contribution in [-0.2, 0) is 0 Å². The average Bonchev–Trinajstić information content (AvgIpc) is 2.78. The summed E-state index contributed by atoms with van der Waals surface area (Å²) in [7, 11) is 0. The Bertz CT molecular complexity index is 437. The van der Waals surface area contributed by atoms with Crippen LogP contribution in [0.15, 0.2) is 5.38 Å². The molecule has 0 bridgehead atoms. The van der Waals surface area contributed by atoms with Crippen LogP contribution in [0, 0.1) is 0 Å². The normalized spacial score (nSPS) is 17.1. The highest BCUT2D eigenvalue weighted by molar-refractivity contribution is 7.09. The Balaban J connectivity index is 2.00. The molecule has 0 aliphatic carbocycles. The van der Waals surface area contributed by atoms with Crippen LogP contribution >= 0.6 is 11.3 Å². The first kappa shape index (κ1) is 11.8. The van der Waals surface area contributed by atoms with Crippen molar-refractivity contribution in [2.75, 3.05) is 13.1 Å². The quantitative estimate of drug-likeness (QED) is 0.840. The fourth-order valence-electron chi connectivity index (χ4n) is 1.89. The molecule has 1 saturated heterocycles. The number of amides is 1. The summed E-state index contributed by atoms with van der Waals surface area (Å²) in [6.45, 7) is 0.976. The molecular formula is C10H12N2O4S. The van der Waals surface area contributed by atoms with E-state index in [2.05, 4.69) is 4.98 Å². The summed E-state index contributed by atoms with van der Waals surface area (Å²) < 4.78 is 0. The maximum atomic E-state index is 10.7. The Kier molecular flexibility index (Phi) is 3.28. The van der Waals surface area contributed by atoms with Gasteiger partial charge in [0.1, 0.15) is 0 Å². The van der Waals surface area contributed by atoms with Crippen LogP contribution < -0.4 is 0 Å². The van der Waals surface area contributed by atoms with Crippen LogP contribution in [0.4, 0.5) is 4.79 Å². The number of piperidine rings is 1. The van der Waals surface area contributed by atoms with Gasteiger partial charge in [0.25, 0.3) is 0 Å². The number of nitrogens with zero attached hydrogens (tertiary/aromatic N) is 2. The van der Waals surface area contributed by atoms with Gasteiger partial charge in [0.15, 0.2) is 5.69 Å². The van der Waals surface area contributed by atoms with Crippen molar-refractivity contribution in [1.29, 1.82) is 0 Å². The molecule has 1 fully saturated rings. The fourth-order valence-corrected chi connectivity index (χ4v) is 2.86. The molecule has 0 atom stereocenters. The van der Waals surface area contributed by atoms with Crippen molar-refractivity contribution in [1.82, 2.24) is 9.88 Å². The predicted molar refractivity (Wildman–Crippen MR) is 60.6 cm³/mol. The van der Waals surface area contributed by atoms with Crippen LogP contribution in [0.25, 0.3) is 0 Å². The molecule has 1 amide bonds. The lowest BCUT2D eigenvalue weighted by molar-refractivity contribution is 0.0691. The zero-order valence-corrected chi connectivity index (χ0v) is 9.81. The smallest absolute Gasteiger partial charge is 0.407 e. The lowest BCUT2D eigenvalue weighted by Crippen LogP contribution is -2.36. The minimum Gasteiger partial charge on any atom is -0.476 e. The molecule has 0 aromatic carbocycles. The highest BCUT2D eigenvalue weighted by Crippen LogP contribution is 2.30. The second-order valence-corrected chi connectivity index (χ2v) is 4.81. The molecule has 1 aliphatic rings. The van der Waals surface area contributed by atoms with Crippen LogP contribution in [0.2, 0.25) is 0 Å². The molecular weight excluding hydrogens is 244 g/mol. The van der Waals surface area contributed by atoms with E-state index in [0.29, 0.717) is 25.9 Å². The molecule has 7 heteroatoms. The molecule has 2 rings (SSSR count). The second-order valence-electron chi connectivity index (χ2n) is 3.92. The van der Waals surface area contributed by atoms with Gasteiger partial charge in [0, 0.05) is 24.4 Å². The fraction of sp³-hybridized carbons (Fsp3) is 0.500. The monoisotopic (exact) mass is 256 g/mol. The van der Waals surface area contributed by atoms with Gasteiger partial charge in [-0.25, -0.2) is 14.6 Å². The summed E-state index contributed by atoms with van der Waals surface area (Å²) in [6.07, 6.45) is 0.520. The maximum absolute atomic E-state index is 10.7. The molecule has 1 aromatic heterocycles. The summed E-state index contributed by atoms with van der Waals surface area (Å²) in [6, 6.07) is 0. The van der Waals surface area contributed by atoms with E-state index in [1.165, 1.54) is 21.6 Å². The van der Waals surface area contributed by atoms with E-state index in [1.54, 1.807) is 0 Å². The number of carboxylic acids is 1. The zero-order chi connectivity index (χ0) is 12.4. The molecule has 0 spiro atoms. The third kappa shape index (κ3) is 2.55. The minimum absolute atomic E-state index is 0.0747. The molecule has 92 valence electrons. The first-order valence-corrected chi connectivity index (χ1v) is 6.12. The zero-order valence-electron chi connectivity index (χ0n) is 9.00. The molecule has 0 unspecified atom stereocenters. The highest BCUT2D eigenvalue weighted by Gasteiger charge is 2.25. The molecule has 17 heavy (non-hydrogen) atoms. The van der Waals surface area contributed by atoms with Gasteiger partial charge in [-0.2, -0.15) is 0 Å². The van der Waals surface area contributed by atoms with Gasteiger partial charge in [0.05, 0.1) is 5.01 Å². The van der Waals surface area contributed by atoms with Crippen molar-refractivity contribution in [2.24, 2.45) is 0 Å². The summed E-state index contributed by atoms with van der Waals surface area (Å²) >= 11 is 1.34. The molecule has 1 aromatic rings. The summed E-state index contributed by atoms with van der Waals surface area (Å²) in [5, 5.41) is 19.9. The molecule has 0 radical (unpaired) electrons. The predicted octanol–water partition coefficient (Wildman–Crippen LogP) is 1.70. The van der Waals surface area contributed by atoms with E-state index in [4.69, 9.17) is 10.2 Å². The highest BCUT2D eigenvalue weighted by atomic mass is 32.1. The van der Waals surface area contributed by atoms with Crippen molar-refractivity contribution in [3.8, 4) is 0 Å². The molecule has 2 N–H and O–H groups in total. The van der Waals surface area contributed by atoms with E-state index in [0.717, 1.165) is 5.01 Å². The van der Waals surface area contributed by atoms with Gasteiger partial charge in [-0.15, -0.1) is 11.3 Å². The van der Waals surface area contributed by atoms with Gasteiger partial charge >= 0.3 is 12.1 Å². The molecule has 2 heterocycles. The third-order valence-electron chi connectivity index (χ3n) is 2.86. The third-order valence-corrected chi connectivity index (χ3v) is 3.86. The van der Waals surface area contributed by atoms with Crippen molar-refractivity contribution < 1.29 is 19.8 Å². The van der Waals surface area contributed by atoms with E-state index >= 15 is 0 Å². The van der Waals surface area contributed by atoms with Gasteiger partial charge in [-0.1, -0.05) is 0 Å². The SMILES string of the molecule is O=C(O)c1csc(C2CCN(C(=O)O)CC2)n1. The van der Waals surface area contributed by atoms with Gasteiger partial charge < -0.3 is 15.1 Å². The van der Waals surface area contributed by atoms with Gasteiger partial charge in [-0.3, -0.25) is 0 Å². The van der Waals surface area contributed by atoms with Crippen molar-refractivity contribution in [3.63, 3.8) is 0 Å². The number of carbonyl (C=O) groups is 2. The lowest BCUT2D eigenvalue weighted by atomic mass is 9.98. The Labute approximate surface area is 102 Å². The number of aromatic carboxylic acids is 1. The topological polar surface area (TPSA) is 90.7 Å². The Morgan fingerprint density at radius 1 is 1.35 bits per heavy atom. The van der Waals surface area contributed by atoms with Crippen LogP contribution in [0.5, 0.6) is 0 Å². The second kappa shape index (κ2) is 4.70. The van der Waals surface area contributed by atoms with Crippen LogP contribution in [0.1, 0.15) is 34.3 Å². The Morgan fingerprint density at radius 3 is 2.47 bits per heavy atom. The summed E-state index contributed by atoms with van der Waals surface area (Å²) in [4.78, 5) is 26.9. The first-order valence-electron chi connectivity index (χ1n) is 5.24. The van der Waals surface area contributed by atoms with Crippen molar-refractivity contribution in [2.45, 2.75) is 18.8 Å². The van der Waals surface area contributed by atoms with Crippen LogP contribution in [-0.4, -0.2) is 45.2 Å². The largest absolute Gasteiger partial charge is 0.476 e. The number of carboxylic acid groups (broad SMARTS) is 2. The van der Waals surface area contributed by atoms with E-state index in [1.807, 2.05) is 0 Å². The van der Waals surface area contributed by atoms with E-state index < -0.39 is 12.1 Å². The lowest BCUT2D eigenvalue weighted by Gasteiger charge is -2.28. The number of likely N-dealkylation sites (tertiary alicyclic amines) is 1. The average molecular weight is 256 g/mol. The summed E-state index contributed by atoms with van der Waals surface area (Å²) in [5.74, 6) is -0.834. The Morgan fingerprint density at radius 2 is 2.00 bits per heavy atom. The molecule has 1 aliphatic heterocycles. The van der Waals surface area contributed by atoms with Crippen molar-refractivity contribution >= 4 is 23.4 Å². The first-order chi connectivity index (χ1) is 8.08. The number of aromatic nitrogens is 1. The van der Waals surface area contributed by atoms with Gasteiger partial charge in [-0.05, 0) is 12.8 Å². The van der Waals surface area contributed by atoms with Crippen LogP contribution in [0.3, 0.4) is 0 Å².